The van der Waals surface area contributed by atoms with Crippen LogP contribution in [0.3, 0.4) is 0 Å². The number of halogens is 5. The molecule has 36 heavy (non-hydrogen) atoms. The molecule has 0 aliphatic carbocycles. The number of carbonyl (C=O) groups excluding carboxylic acids is 1. The molecule has 1 atom stereocenters. The third-order valence-corrected chi connectivity index (χ3v) is 5.28. The van der Waals surface area contributed by atoms with Crippen LogP contribution < -0.4 is 14.8 Å². The van der Waals surface area contributed by atoms with Crippen molar-refractivity contribution in [3.05, 3.63) is 70.7 Å². The minimum absolute atomic E-state index is 0.239. The van der Waals surface area contributed by atoms with E-state index in [9.17, 15) is 22.4 Å². The van der Waals surface area contributed by atoms with Crippen molar-refractivity contribution in [1.29, 1.82) is 0 Å². The molecule has 186 valence electrons. The summed E-state index contributed by atoms with van der Waals surface area (Å²) in [7, 11) is 0. The number of benzene rings is 1. The predicted molar refractivity (Wildman–Crippen MR) is 124 cm³/mol. The first-order valence-corrected chi connectivity index (χ1v) is 11.1. The second-order valence-electron chi connectivity index (χ2n) is 7.33. The molecule has 4 rings (SSSR count). The Hall–Kier alpha value is -3.87. The maximum Gasteiger partial charge on any atom is 0.387 e. The van der Waals surface area contributed by atoms with Gasteiger partial charge < -0.3 is 14.8 Å². The highest BCUT2D eigenvalue weighted by Crippen LogP contribution is 2.29. The minimum atomic E-state index is -3.23. The standard InChI is InChI=1S/C23H16BrF4N5O3/c1-11(31-21(34)12-6-14(35-22(25)26)8-15(7-12)36-23(27)28)19-20(17-3-2-13(24)9-30-17)33-18-10-29-5-4-16(18)32-19/h2-11,22-23H,1H3,(H,31,34)/t11-/m0/s1. The highest BCUT2D eigenvalue weighted by molar-refractivity contribution is 9.10. The summed E-state index contributed by atoms with van der Waals surface area (Å²) in [4.78, 5) is 30.6. The van der Waals surface area contributed by atoms with Crippen molar-refractivity contribution in [3.8, 4) is 22.9 Å². The van der Waals surface area contributed by atoms with Crippen LogP contribution >= 0.6 is 15.9 Å². The number of alkyl halides is 4. The first-order chi connectivity index (χ1) is 17.2. The number of fused-ring (bicyclic) bond motifs is 1. The van der Waals surface area contributed by atoms with E-state index in [0.29, 0.717) is 28.1 Å². The Kier molecular flexibility index (Phi) is 7.58. The van der Waals surface area contributed by atoms with E-state index in [-0.39, 0.29) is 5.56 Å². The number of hydrogen-bond acceptors (Lipinski definition) is 7. The van der Waals surface area contributed by atoms with E-state index in [1.807, 2.05) is 0 Å². The lowest BCUT2D eigenvalue weighted by Crippen LogP contribution is -2.28. The zero-order valence-electron chi connectivity index (χ0n) is 18.3. The maximum absolute atomic E-state index is 13.0. The number of ether oxygens (including phenoxy) is 2. The zero-order chi connectivity index (χ0) is 25.8. The Morgan fingerprint density at radius 2 is 1.64 bits per heavy atom. The molecule has 4 aromatic rings. The van der Waals surface area contributed by atoms with Crippen LogP contribution in [-0.2, 0) is 0 Å². The first kappa shape index (κ1) is 25.2. The van der Waals surface area contributed by atoms with Gasteiger partial charge in [0.2, 0.25) is 0 Å². The molecule has 1 amide bonds. The third-order valence-electron chi connectivity index (χ3n) is 4.81. The lowest BCUT2D eigenvalue weighted by Gasteiger charge is -2.18. The molecule has 1 aromatic carbocycles. The lowest BCUT2D eigenvalue weighted by molar-refractivity contribution is -0.0543. The van der Waals surface area contributed by atoms with E-state index in [1.54, 1.807) is 37.5 Å². The van der Waals surface area contributed by atoms with E-state index in [0.717, 1.165) is 22.7 Å². The average molecular weight is 566 g/mol. The highest BCUT2D eigenvalue weighted by Gasteiger charge is 2.22. The molecule has 0 radical (unpaired) electrons. The molecule has 0 fully saturated rings. The molecular formula is C23H16BrF4N5O3. The minimum Gasteiger partial charge on any atom is -0.435 e. The molecule has 3 heterocycles. The number of aromatic nitrogens is 4. The van der Waals surface area contributed by atoms with Crippen LogP contribution in [0.2, 0.25) is 0 Å². The summed E-state index contributed by atoms with van der Waals surface area (Å²) in [6.45, 7) is -4.83. The number of amides is 1. The van der Waals surface area contributed by atoms with Crippen molar-refractivity contribution in [2.75, 3.05) is 0 Å². The monoisotopic (exact) mass is 565 g/mol. The molecule has 3 aromatic heterocycles. The van der Waals surface area contributed by atoms with Gasteiger partial charge in [0.25, 0.3) is 5.91 Å². The predicted octanol–water partition coefficient (Wildman–Crippen LogP) is 5.54. The Morgan fingerprint density at radius 3 is 2.25 bits per heavy atom. The Labute approximate surface area is 209 Å². The number of rotatable bonds is 8. The summed E-state index contributed by atoms with van der Waals surface area (Å²) in [6, 6.07) is 7.18. The van der Waals surface area contributed by atoms with Crippen LogP contribution in [0.4, 0.5) is 17.6 Å². The summed E-state index contributed by atoms with van der Waals surface area (Å²) in [5, 5.41) is 2.68. The summed E-state index contributed by atoms with van der Waals surface area (Å²) < 4.78 is 60.1. The van der Waals surface area contributed by atoms with E-state index in [1.165, 1.54) is 6.20 Å². The Morgan fingerprint density at radius 1 is 0.944 bits per heavy atom. The van der Waals surface area contributed by atoms with Crippen molar-refractivity contribution in [2.45, 2.75) is 26.2 Å². The van der Waals surface area contributed by atoms with Crippen LogP contribution in [0.1, 0.15) is 29.0 Å². The van der Waals surface area contributed by atoms with Gasteiger partial charge in [-0.15, -0.1) is 0 Å². The fraction of sp³-hybridized carbons (Fsp3) is 0.174. The van der Waals surface area contributed by atoms with Gasteiger partial charge in [0, 0.05) is 28.5 Å². The van der Waals surface area contributed by atoms with Gasteiger partial charge in [-0.2, -0.15) is 17.6 Å². The number of hydrogen-bond donors (Lipinski definition) is 1. The van der Waals surface area contributed by atoms with Crippen molar-refractivity contribution < 1.29 is 31.8 Å². The second-order valence-corrected chi connectivity index (χ2v) is 8.24. The number of nitrogens with zero attached hydrogens (tertiary/aromatic N) is 4. The number of carbonyl (C=O) groups is 1. The van der Waals surface area contributed by atoms with Gasteiger partial charge in [-0.05, 0) is 53.2 Å². The largest absolute Gasteiger partial charge is 0.435 e. The SMILES string of the molecule is C[C@H](NC(=O)c1cc(OC(F)F)cc(OC(F)F)c1)c1nc2ccncc2nc1-c1ccc(Br)cn1. The molecule has 0 aliphatic heterocycles. The summed E-state index contributed by atoms with van der Waals surface area (Å²) >= 11 is 3.33. The summed E-state index contributed by atoms with van der Waals surface area (Å²) in [6.07, 6.45) is 4.66. The van der Waals surface area contributed by atoms with Gasteiger partial charge in [0.1, 0.15) is 22.7 Å². The topological polar surface area (TPSA) is 99.1 Å². The van der Waals surface area contributed by atoms with E-state index in [4.69, 9.17) is 0 Å². The van der Waals surface area contributed by atoms with Crippen molar-refractivity contribution in [3.63, 3.8) is 0 Å². The van der Waals surface area contributed by atoms with E-state index >= 15 is 0 Å². The molecule has 1 N–H and O–H groups in total. The third kappa shape index (κ3) is 6.03. The molecular weight excluding hydrogens is 550 g/mol. The van der Waals surface area contributed by atoms with Crippen molar-refractivity contribution >= 4 is 32.9 Å². The van der Waals surface area contributed by atoms with Crippen LogP contribution in [-0.4, -0.2) is 39.1 Å². The number of nitrogens with one attached hydrogen (secondary N) is 1. The Balaban J connectivity index is 1.69. The lowest BCUT2D eigenvalue weighted by atomic mass is 10.1. The van der Waals surface area contributed by atoms with Crippen molar-refractivity contribution in [2.24, 2.45) is 0 Å². The molecule has 0 bridgehead atoms. The fourth-order valence-corrected chi connectivity index (χ4v) is 3.55. The smallest absolute Gasteiger partial charge is 0.387 e. The quantitative estimate of drug-likeness (QED) is 0.280. The molecule has 0 saturated heterocycles. The maximum atomic E-state index is 13.0. The normalized spacial score (nSPS) is 12.1. The average Bonchev–Trinajstić information content (AvgIpc) is 2.82. The fourth-order valence-electron chi connectivity index (χ4n) is 3.32. The first-order valence-electron chi connectivity index (χ1n) is 10.3. The van der Waals surface area contributed by atoms with Gasteiger partial charge in [0.15, 0.2) is 0 Å². The zero-order valence-corrected chi connectivity index (χ0v) is 19.9. The van der Waals surface area contributed by atoms with E-state index in [2.05, 4.69) is 50.7 Å². The molecule has 0 unspecified atom stereocenters. The van der Waals surface area contributed by atoms with Crippen LogP contribution in [0.15, 0.2) is 59.5 Å². The van der Waals surface area contributed by atoms with Gasteiger partial charge in [-0.25, -0.2) is 9.97 Å². The molecule has 0 saturated carbocycles. The number of pyridine rings is 2. The molecule has 0 aliphatic rings. The Bertz CT molecular complexity index is 1360. The molecule has 0 spiro atoms. The van der Waals surface area contributed by atoms with Crippen LogP contribution in [0, 0.1) is 0 Å². The van der Waals surface area contributed by atoms with Gasteiger partial charge in [0.05, 0.1) is 29.1 Å². The van der Waals surface area contributed by atoms with E-state index < -0.39 is 36.7 Å². The molecule has 8 nitrogen and oxygen atoms in total. The second kappa shape index (κ2) is 10.8. The van der Waals surface area contributed by atoms with Gasteiger partial charge in [-0.3, -0.25) is 14.8 Å². The summed E-state index contributed by atoms with van der Waals surface area (Å²) in [5.74, 6) is -1.80. The van der Waals surface area contributed by atoms with Gasteiger partial charge in [-0.1, -0.05) is 0 Å². The van der Waals surface area contributed by atoms with Crippen LogP contribution in [0.5, 0.6) is 11.5 Å². The molecule has 13 heteroatoms. The highest BCUT2D eigenvalue weighted by atomic mass is 79.9. The summed E-state index contributed by atoms with van der Waals surface area (Å²) in [5.41, 5.74) is 2.00. The van der Waals surface area contributed by atoms with Crippen LogP contribution in [0.25, 0.3) is 22.4 Å². The van der Waals surface area contributed by atoms with Crippen molar-refractivity contribution in [1.82, 2.24) is 25.3 Å². The van der Waals surface area contributed by atoms with Gasteiger partial charge >= 0.3 is 13.2 Å².